The van der Waals surface area contributed by atoms with Crippen LogP contribution in [0.2, 0.25) is 0 Å². The van der Waals surface area contributed by atoms with Crippen LogP contribution in [0.25, 0.3) is 0 Å². The topological polar surface area (TPSA) is 67.2 Å². The third-order valence-corrected chi connectivity index (χ3v) is 1.11. The maximum absolute atomic E-state index is 9.70. The molecule has 0 aliphatic rings. The molecule has 1 amide bonds. The zero-order valence-corrected chi connectivity index (χ0v) is 12.6. The average Bonchev–Trinajstić information content (AvgIpc) is 2.32. The predicted octanol–water partition coefficient (Wildman–Crippen LogP) is 2.26. The van der Waals surface area contributed by atoms with Gasteiger partial charge in [0.2, 0.25) is 5.91 Å². The van der Waals surface area contributed by atoms with E-state index in [1.807, 2.05) is 7.05 Å². The number of unbranched alkanes of at least 4 members (excludes halogenated alkanes) is 1. The van der Waals surface area contributed by atoms with Gasteiger partial charge in [0.25, 0.3) is 0 Å². The molecular weight excluding hydrogens is 214 g/mol. The van der Waals surface area contributed by atoms with E-state index in [0.717, 1.165) is 6.54 Å². The molecule has 0 aromatic heterocycles. The zero-order chi connectivity index (χ0) is 14.5. The largest absolute Gasteiger partial charge is 0.394 e. The van der Waals surface area contributed by atoms with Crippen molar-refractivity contribution in [1.29, 1.82) is 0 Å². The lowest BCUT2D eigenvalue weighted by atomic mass is 10.3. The molecule has 106 valence electrons. The number of nitrogens with two attached hydrogens (primary N) is 1. The van der Waals surface area contributed by atoms with E-state index in [2.05, 4.69) is 38.0 Å². The van der Waals surface area contributed by atoms with Crippen LogP contribution in [0.3, 0.4) is 0 Å². The fourth-order valence-corrected chi connectivity index (χ4v) is 0.204. The molecule has 0 heterocycles. The van der Waals surface area contributed by atoms with E-state index in [1.54, 1.807) is 13.2 Å². The highest BCUT2D eigenvalue weighted by molar-refractivity contribution is 5.72. The van der Waals surface area contributed by atoms with E-state index in [9.17, 15) is 4.79 Å². The van der Waals surface area contributed by atoms with Gasteiger partial charge in [0.15, 0.2) is 0 Å². The van der Waals surface area contributed by atoms with Crippen molar-refractivity contribution in [2.24, 2.45) is 5.73 Å². The molecule has 0 aliphatic heterocycles. The van der Waals surface area contributed by atoms with Crippen LogP contribution < -0.4 is 16.4 Å². The Hall–Kier alpha value is -1.03. The minimum Gasteiger partial charge on any atom is -0.394 e. The van der Waals surface area contributed by atoms with Crippen LogP contribution in [0.4, 0.5) is 0 Å². The SMILES string of the molecule is C=CNC.CCC.CCCCN.CNC(C)=O. The smallest absolute Gasteiger partial charge is 0.216 e. The predicted molar refractivity (Wildman–Crippen MR) is 78.9 cm³/mol. The van der Waals surface area contributed by atoms with Crippen LogP contribution >= 0.6 is 0 Å². The van der Waals surface area contributed by atoms with Crippen molar-refractivity contribution in [3.05, 3.63) is 12.8 Å². The molecular formula is C13H33N3O. The molecule has 0 saturated carbocycles. The molecule has 4 nitrogen and oxygen atoms in total. The summed E-state index contributed by atoms with van der Waals surface area (Å²) < 4.78 is 0. The van der Waals surface area contributed by atoms with E-state index in [4.69, 9.17) is 5.73 Å². The summed E-state index contributed by atoms with van der Waals surface area (Å²) in [5, 5.41) is 5.08. The molecule has 17 heavy (non-hydrogen) atoms. The van der Waals surface area contributed by atoms with Crippen LogP contribution in [0.1, 0.15) is 47.0 Å². The highest BCUT2D eigenvalue weighted by Gasteiger charge is 1.72. The molecule has 0 aromatic rings. The highest BCUT2D eigenvalue weighted by atomic mass is 16.1. The van der Waals surface area contributed by atoms with Crippen molar-refractivity contribution in [2.75, 3.05) is 20.6 Å². The summed E-state index contributed by atoms with van der Waals surface area (Å²) in [6, 6.07) is 0. The summed E-state index contributed by atoms with van der Waals surface area (Å²) in [4.78, 5) is 9.70. The first-order valence-corrected chi connectivity index (χ1v) is 6.18. The van der Waals surface area contributed by atoms with Gasteiger partial charge in [-0.3, -0.25) is 4.79 Å². The van der Waals surface area contributed by atoms with Crippen molar-refractivity contribution in [2.45, 2.75) is 47.0 Å². The summed E-state index contributed by atoms with van der Waals surface area (Å²) in [5.74, 6) is 0.00463. The Morgan fingerprint density at radius 3 is 1.59 bits per heavy atom. The Kier molecular flexibility index (Phi) is 53.4. The zero-order valence-electron chi connectivity index (χ0n) is 12.6. The standard InChI is InChI=1S/C4H11N.C3H7NO.C3H7N.C3H8/c1-2-3-4-5;1-3(5)4-2;1-3-4-2;1-3-2/h2-5H2,1H3;1-2H3,(H,4,5);3-4H,1H2,2H3;3H2,1-2H3. The molecule has 0 rings (SSSR count). The second-order valence-corrected chi connectivity index (χ2v) is 3.15. The van der Waals surface area contributed by atoms with Crippen molar-refractivity contribution in [3.63, 3.8) is 0 Å². The van der Waals surface area contributed by atoms with Gasteiger partial charge in [-0.15, -0.1) is 0 Å². The summed E-state index contributed by atoms with van der Waals surface area (Å²) >= 11 is 0. The van der Waals surface area contributed by atoms with Gasteiger partial charge in [-0.25, -0.2) is 0 Å². The van der Waals surface area contributed by atoms with Gasteiger partial charge in [-0.2, -0.15) is 0 Å². The van der Waals surface area contributed by atoms with E-state index >= 15 is 0 Å². The van der Waals surface area contributed by atoms with Gasteiger partial charge >= 0.3 is 0 Å². The summed E-state index contributed by atoms with van der Waals surface area (Å²) in [7, 11) is 3.41. The first kappa shape index (κ1) is 25.0. The van der Waals surface area contributed by atoms with E-state index < -0.39 is 0 Å². The lowest BCUT2D eigenvalue weighted by Crippen LogP contribution is -2.11. The summed E-state index contributed by atoms with van der Waals surface area (Å²) in [5.41, 5.74) is 5.14. The maximum atomic E-state index is 9.70. The van der Waals surface area contributed by atoms with Crippen molar-refractivity contribution < 1.29 is 4.79 Å². The monoisotopic (exact) mass is 247 g/mol. The fraction of sp³-hybridized carbons (Fsp3) is 0.769. The highest BCUT2D eigenvalue weighted by Crippen LogP contribution is 1.77. The number of nitrogens with one attached hydrogen (secondary N) is 2. The Bertz CT molecular complexity index is 126. The van der Waals surface area contributed by atoms with Crippen LogP contribution in [-0.2, 0) is 4.79 Å². The minimum absolute atomic E-state index is 0.00463. The number of rotatable bonds is 3. The molecule has 4 N–H and O–H groups in total. The van der Waals surface area contributed by atoms with Crippen molar-refractivity contribution in [1.82, 2.24) is 10.6 Å². The lowest BCUT2D eigenvalue weighted by Gasteiger charge is -1.80. The molecule has 4 heteroatoms. The molecule has 0 saturated heterocycles. The summed E-state index contributed by atoms with van der Waals surface area (Å²) in [6.45, 7) is 12.1. The number of amides is 1. The fourth-order valence-electron chi connectivity index (χ4n) is 0.204. The molecule has 0 aromatic carbocycles. The quantitative estimate of drug-likeness (QED) is 0.716. The van der Waals surface area contributed by atoms with E-state index in [1.165, 1.54) is 26.2 Å². The molecule has 0 bridgehead atoms. The third-order valence-electron chi connectivity index (χ3n) is 1.11. The van der Waals surface area contributed by atoms with Crippen LogP contribution in [0.5, 0.6) is 0 Å². The lowest BCUT2D eigenvalue weighted by molar-refractivity contribution is -0.118. The third kappa shape index (κ3) is 160. The van der Waals surface area contributed by atoms with Crippen LogP contribution in [0, 0.1) is 0 Å². The number of carbonyl (C=O) groups is 1. The molecule has 0 fully saturated rings. The van der Waals surface area contributed by atoms with Gasteiger partial charge in [0.1, 0.15) is 0 Å². The number of hydrogen-bond donors (Lipinski definition) is 3. The first-order chi connectivity index (χ1) is 8.01. The van der Waals surface area contributed by atoms with E-state index in [0.29, 0.717) is 0 Å². The number of hydrogen-bond acceptors (Lipinski definition) is 3. The van der Waals surface area contributed by atoms with Gasteiger partial charge < -0.3 is 16.4 Å². The second-order valence-electron chi connectivity index (χ2n) is 3.15. The molecule has 0 aliphatic carbocycles. The van der Waals surface area contributed by atoms with Crippen molar-refractivity contribution >= 4 is 5.91 Å². The first-order valence-electron chi connectivity index (χ1n) is 6.18. The second kappa shape index (κ2) is 36.3. The molecule has 0 spiro atoms. The Labute approximate surface area is 108 Å². The van der Waals surface area contributed by atoms with Gasteiger partial charge in [0.05, 0.1) is 0 Å². The summed E-state index contributed by atoms with van der Waals surface area (Å²) in [6.07, 6.45) is 5.26. The Balaban J connectivity index is -0.0000000676. The van der Waals surface area contributed by atoms with Gasteiger partial charge in [-0.05, 0) is 19.2 Å². The molecule has 0 atom stereocenters. The molecule has 0 radical (unpaired) electrons. The van der Waals surface area contributed by atoms with Crippen molar-refractivity contribution in [3.8, 4) is 0 Å². The average molecular weight is 247 g/mol. The number of carbonyl (C=O) groups excluding carboxylic acids is 1. The van der Waals surface area contributed by atoms with Crippen LogP contribution in [0.15, 0.2) is 12.8 Å². The van der Waals surface area contributed by atoms with Crippen LogP contribution in [-0.4, -0.2) is 26.5 Å². The van der Waals surface area contributed by atoms with Gasteiger partial charge in [0, 0.05) is 21.0 Å². The molecule has 0 unspecified atom stereocenters. The Morgan fingerprint density at radius 1 is 1.29 bits per heavy atom. The van der Waals surface area contributed by atoms with Gasteiger partial charge in [-0.1, -0.05) is 40.2 Å². The Morgan fingerprint density at radius 2 is 1.59 bits per heavy atom. The normalized spacial score (nSPS) is 6.76. The minimum atomic E-state index is 0.00463. The van der Waals surface area contributed by atoms with E-state index in [-0.39, 0.29) is 5.91 Å². The maximum Gasteiger partial charge on any atom is 0.216 e.